The molecule has 2 rings (SSSR count). The highest BCUT2D eigenvalue weighted by molar-refractivity contribution is 6.30. The van der Waals surface area contributed by atoms with E-state index in [-0.39, 0.29) is 0 Å². The van der Waals surface area contributed by atoms with Gasteiger partial charge in [-0.25, -0.2) is 0 Å². The molecule has 1 N–H and O–H groups in total. The van der Waals surface area contributed by atoms with Crippen molar-refractivity contribution in [1.29, 1.82) is 0 Å². The molecule has 1 aromatic rings. The summed E-state index contributed by atoms with van der Waals surface area (Å²) in [5, 5.41) is 11.3. The molecule has 0 bridgehead atoms. The molecule has 0 saturated heterocycles. The van der Waals surface area contributed by atoms with Gasteiger partial charge in [-0.15, -0.1) is 0 Å². The average molecular weight is 225 g/mol. The van der Waals surface area contributed by atoms with Crippen molar-refractivity contribution >= 4 is 11.6 Å². The van der Waals surface area contributed by atoms with Gasteiger partial charge in [-0.1, -0.05) is 37.4 Å². The molecule has 0 aromatic heterocycles. The summed E-state index contributed by atoms with van der Waals surface area (Å²) in [6.07, 6.45) is 4.94. The average Bonchev–Trinajstić information content (AvgIpc) is 2.66. The molecule has 1 nitrogen and oxygen atoms in total. The number of halogens is 1. The Kier molecular flexibility index (Phi) is 3.03. The number of hydrogen-bond acceptors (Lipinski definition) is 1. The Balaban J connectivity index is 2.44. The molecule has 1 aliphatic rings. The van der Waals surface area contributed by atoms with Crippen LogP contribution in [-0.4, -0.2) is 5.11 Å². The van der Waals surface area contributed by atoms with Crippen molar-refractivity contribution in [1.82, 2.24) is 0 Å². The van der Waals surface area contributed by atoms with E-state index in [0.29, 0.717) is 0 Å². The lowest BCUT2D eigenvalue weighted by atomic mass is 9.87. The van der Waals surface area contributed by atoms with E-state index in [1.807, 2.05) is 18.2 Å². The van der Waals surface area contributed by atoms with Crippen LogP contribution >= 0.6 is 11.6 Å². The van der Waals surface area contributed by atoms with Gasteiger partial charge < -0.3 is 5.11 Å². The molecule has 0 radical (unpaired) electrons. The zero-order valence-corrected chi connectivity index (χ0v) is 9.85. The second-order valence-corrected chi connectivity index (χ2v) is 4.83. The van der Waals surface area contributed by atoms with Crippen LogP contribution in [0.5, 0.6) is 0 Å². The quantitative estimate of drug-likeness (QED) is 0.813. The van der Waals surface area contributed by atoms with Gasteiger partial charge in [0.25, 0.3) is 0 Å². The maximum atomic E-state index is 10.5. The topological polar surface area (TPSA) is 20.2 Å². The molecule has 1 aliphatic carbocycles. The fourth-order valence-electron chi connectivity index (χ4n) is 2.52. The molecule has 1 fully saturated rings. The highest BCUT2D eigenvalue weighted by atomic mass is 35.5. The molecule has 15 heavy (non-hydrogen) atoms. The maximum Gasteiger partial charge on any atom is 0.0899 e. The van der Waals surface area contributed by atoms with Crippen molar-refractivity contribution in [3.05, 3.63) is 34.3 Å². The van der Waals surface area contributed by atoms with Crippen LogP contribution in [0.1, 0.15) is 43.7 Å². The molecule has 2 heteroatoms. The zero-order valence-electron chi connectivity index (χ0n) is 9.09. The third-order valence-electron chi connectivity index (χ3n) is 3.38. The third kappa shape index (κ3) is 2.04. The smallest absolute Gasteiger partial charge is 0.0899 e. The molecule has 0 atom stereocenters. The Morgan fingerprint density at radius 3 is 2.60 bits per heavy atom. The fourth-order valence-corrected chi connectivity index (χ4v) is 2.69. The monoisotopic (exact) mass is 224 g/mol. The summed E-state index contributed by atoms with van der Waals surface area (Å²) in [5.41, 5.74) is 1.66. The van der Waals surface area contributed by atoms with Crippen molar-refractivity contribution in [2.75, 3.05) is 0 Å². The third-order valence-corrected chi connectivity index (χ3v) is 3.62. The van der Waals surface area contributed by atoms with Crippen LogP contribution in [0, 0.1) is 0 Å². The van der Waals surface area contributed by atoms with Crippen molar-refractivity contribution in [2.45, 2.75) is 44.6 Å². The number of aliphatic hydroxyl groups is 1. The Morgan fingerprint density at radius 1 is 1.33 bits per heavy atom. The van der Waals surface area contributed by atoms with Gasteiger partial charge in [0.15, 0.2) is 0 Å². The number of benzene rings is 1. The second kappa shape index (κ2) is 4.15. The molecule has 0 aliphatic heterocycles. The van der Waals surface area contributed by atoms with E-state index in [1.165, 1.54) is 5.56 Å². The first-order valence-electron chi connectivity index (χ1n) is 5.67. The number of aryl methyl sites for hydroxylation is 1. The molecule has 1 saturated carbocycles. The van der Waals surface area contributed by atoms with Gasteiger partial charge in [0.2, 0.25) is 0 Å². The Morgan fingerprint density at radius 2 is 2.00 bits per heavy atom. The molecule has 0 heterocycles. The molecule has 1 aromatic carbocycles. The minimum Gasteiger partial charge on any atom is -0.385 e. The zero-order chi connectivity index (χ0) is 10.9. The second-order valence-electron chi connectivity index (χ2n) is 4.39. The lowest BCUT2D eigenvalue weighted by Crippen LogP contribution is -2.22. The highest BCUT2D eigenvalue weighted by Gasteiger charge is 2.34. The van der Waals surface area contributed by atoms with Crippen LogP contribution in [0.2, 0.25) is 5.02 Å². The summed E-state index contributed by atoms with van der Waals surface area (Å²) in [6.45, 7) is 2.12. The van der Waals surface area contributed by atoms with E-state index in [4.69, 9.17) is 11.6 Å². The molecule has 82 valence electrons. The normalized spacial score (nSPS) is 19.4. The van der Waals surface area contributed by atoms with E-state index in [2.05, 4.69) is 6.92 Å². The van der Waals surface area contributed by atoms with E-state index in [9.17, 15) is 5.11 Å². The van der Waals surface area contributed by atoms with E-state index in [1.54, 1.807) is 0 Å². The molecule has 0 spiro atoms. The van der Waals surface area contributed by atoms with Crippen LogP contribution < -0.4 is 0 Å². The summed E-state index contributed by atoms with van der Waals surface area (Å²) in [5.74, 6) is 0. The number of hydrogen-bond donors (Lipinski definition) is 1. The van der Waals surface area contributed by atoms with Gasteiger partial charge in [0.05, 0.1) is 5.60 Å². The molecular formula is C13H17ClO. The van der Waals surface area contributed by atoms with Crippen LogP contribution in [0.4, 0.5) is 0 Å². The molecule has 0 unspecified atom stereocenters. The van der Waals surface area contributed by atoms with Crippen LogP contribution in [0.25, 0.3) is 0 Å². The van der Waals surface area contributed by atoms with Crippen LogP contribution in [0.3, 0.4) is 0 Å². The predicted molar refractivity (Wildman–Crippen MR) is 63.2 cm³/mol. The largest absolute Gasteiger partial charge is 0.385 e. The minimum absolute atomic E-state index is 0.615. The predicted octanol–water partition coefficient (Wildman–Crippen LogP) is 3.66. The van der Waals surface area contributed by atoms with E-state index < -0.39 is 5.60 Å². The van der Waals surface area contributed by atoms with Gasteiger partial charge in [0.1, 0.15) is 0 Å². The standard InChI is InChI=1S/C13H17ClO/c1-2-10-5-6-11(14)9-12(10)13(15)7-3-4-8-13/h5-6,9,15H,2-4,7-8H2,1H3. The highest BCUT2D eigenvalue weighted by Crippen LogP contribution is 2.40. The number of rotatable bonds is 2. The summed E-state index contributed by atoms with van der Waals surface area (Å²) in [6, 6.07) is 5.88. The Bertz CT molecular complexity index is 354. The first-order chi connectivity index (χ1) is 7.15. The maximum absolute atomic E-state index is 10.5. The van der Waals surface area contributed by atoms with Crippen LogP contribution in [-0.2, 0) is 12.0 Å². The van der Waals surface area contributed by atoms with Crippen molar-refractivity contribution < 1.29 is 5.11 Å². The SMILES string of the molecule is CCc1ccc(Cl)cc1C1(O)CCCC1. The van der Waals surface area contributed by atoms with Gasteiger partial charge in [-0.2, -0.15) is 0 Å². The Hall–Kier alpha value is -0.530. The first-order valence-corrected chi connectivity index (χ1v) is 6.05. The van der Waals surface area contributed by atoms with Gasteiger partial charge in [-0.05, 0) is 42.5 Å². The van der Waals surface area contributed by atoms with Crippen molar-refractivity contribution in [3.8, 4) is 0 Å². The van der Waals surface area contributed by atoms with Gasteiger partial charge in [-0.3, -0.25) is 0 Å². The van der Waals surface area contributed by atoms with E-state index >= 15 is 0 Å². The van der Waals surface area contributed by atoms with Crippen LogP contribution in [0.15, 0.2) is 18.2 Å². The van der Waals surface area contributed by atoms with Gasteiger partial charge >= 0.3 is 0 Å². The summed E-state index contributed by atoms with van der Waals surface area (Å²) in [4.78, 5) is 0. The Labute approximate surface area is 96.1 Å². The van der Waals surface area contributed by atoms with Crippen molar-refractivity contribution in [2.24, 2.45) is 0 Å². The lowest BCUT2D eigenvalue weighted by molar-refractivity contribution is 0.0436. The molecular weight excluding hydrogens is 208 g/mol. The lowest BCUT2D eigenvalue weighted by Gasteiger charge is -2.25. The summed E-state index contributed by atoms with van der Waals surface area (Å²) < 4.78 is 0. The molecule has 0 amide bonds. The van der Waals surface area contributed by atoms with E-state index in [0.717, 1.165) is 42.7 Å². The first kappa shape index (κ1) is 11.0. The summed E-state index contributed by atoms with van der Waals surface area (Å²) >= 11 is 6.00. The summed E-state index contributed by atoms with van der Waals surface area (Å²) in [7, 11) is 0. The minimum atomic E-state index is -0.615. The van der Waals surface area contributed by atoms with Crippen molar-refractivity contribution in [3.63, 3.8) is 0 Å². The fraction of sp³-hybridized carbons (Fsp3) is 0.538. The van der Waals surface area contributed by atoms with Gasteiger partial charge in [0, 0.05) is 5.02 Å².